The molecule has 1 fully saturated rings. The molecular weight excluding hydrogens is 286 g/mol. The highest BCUT2D eigenvalue weighted by Crippen LogP contribution is 2.26. The summed E-state index contributed by atoms with van der Waals surface area (Å²) in [6, 6.07) is 0. The van der Waals surface area contributed by atoms with Crippen LogP contribution in [0.3, 0.4) is 0 Å². The first-order valence-corrected chi connectivity index (χ1v) is 7.19. The summed E-state index contributed by atoms with van der Waals surface area (Å²) in [5.41, 5.74) is 0.867. The van der Waals surface area contributed by atoms with Crippen LogP contribution in [0, 0.1) is 0 Å². The summed E-state index contributed by atoms with van der Waals surface area (Å²) in [4.78, 5) is 13.6. The van der Waals surface area contributed by atoms with Crippen LogP contribution in [-0.4, -0.2) is 28.9 Å². The molecule has 1 atom stereocenters. The summed E-state index contributed by atoms with van der Waals surface area (Å²) in [6.45, 7) is 6.48. The fraction of sp³-hybridized carbons (Fsp3) is 0.417. The van der Waals surface area contributed by atoms with Gasteiger partial charge in [0.15, 0.2) is 0 Å². The van der Waals surface area contributed by atoms with Gasteiger partial charge < -0.3 is 4.90 Å². The van der Waals surface area contributed by atoms with E-state index in [4.69, 9.17) is 0 Å². The summed E-state index contributed by atoms with van der Waals surface area (Å²) in [5, 5.41) is 0.403. The predicted molar refractivity (Wildman–Crippen MR) is 74.6 cm³/mol. The topological polar surface area (TPSA) is 20.3 Å². The van der Waals surface area contributed by atoms with Crippen molar-refractivity contribution in [1.82, 2.24) is 4.90 Å². The summed E-state index contributed by atoms with van der Waals surface area (Å²) >= 11 is 5.15. The molecule has 1 unspecified atom stereocenters. The van der Waals surface area contributed by atoms with Crippen molar-refractivity contribution in [1.29, 1.82) is 0 Å². The first-order chi connectivity index (χ1) is 7.62. The lowest BCUT2D eigenvalue weighted by molar-refractivity contribution is -0.125. The van der Waals surface area contributed by atoms with E-state index in [0.29, 0.717) is 11.7 Å². The summed E-state index contributed by atoms with van der Waals surface area (Å²) in [5.74, 6) is 0.182. The number of nitrogens with zero attached hydrogens (tertiary/aromatic N) is 1. The van der Waals surface area contributed by atoms with Gasteiger partial charge >= 0.3 is 0 Å². The van der Waals surface area contributed by atoms with Crippen molar-refractivity contribution in [2.45, 2.75) is 18.6 Å². The zero-order chi connectivity index (χ0) is 12.1. The predicted octanol–water partition coefficient (Wildman–Crippen LogP) is 3.32. The molecule has 1 aliphatic rings. The van der Waals surface area contributed by atoms with Crippen LogP contribution in [0.2, 0.25) is 0 Å². The van der Waals surface area contributed by atoms with Crippen molar-refractivity contribution in [3.63, 3.8) is 0 Å². The molecule has 0 aromatic carbocycles. The number of halogens is 1. The van der Waals surface area contributed by atoms with Crippen LogP contribution in [0.15, 0.2) is 35.0 Å². The Morgan fingerprint density at radius 3 is 2.81 bits per heavy atom. The van der Waals surface area contributed by atoms with Crippen molar-refractivity contribution in [2.24, 2.45) is 0 Å². The van der Waals surface area contributed by atoms with Crippen LogP contribution in [0.25, 0.3) is 0 Å². The van der Waals surface area contributed by atoms with E-state index in [-0.39, 0.29) is 5.91 Å². The number of carbonyl (C=O) groups is 1. The molecular formula is C12H16BrNOS. The standard InChI is InChI=1S/C12H16BrNOS/c1-4-9(13)6-10(5-2)14-8-11(16-3)7-12(14)15/h4-6,11H,2,7-8H2,1,3H3/b9-4+,10-6+. The maximum Gasteiger partial charge on any atom is 0.228 e. The zero-order valence-electron chi connectivity index (χ0n) is 9.57. The molecule has 0 radical (unpaired) electrons. The van der Waals surface area contributed by atoms with Crippen molar-refractivity contribution < 1.29 is 4.79 Å². The van der Waals surface area contributed by atoms with E-state index in [1.807, 2.05) is 25.3 Å². The van der Waals surface area contributed by atoms with Gasteiger partial charge in [0, 0.05) is 28.4 Å². The highest BCUT2D eigenvalue weighted by atomic mass is 79.9. The minimum Gasteiger partial charge on any atom is -0.311 e. The van der Waals surface area contributed by atoms with E-state index >= 15 is 0 Å². The molecule has 1 rings (SSSR count). The van der Waals surface area contributed by atoms with Crippen LogP contribution < -0.4 is 0 Å². The second-order valence-electron chi connectivity index (χ2n) is 3.51. The first kappa shape index (κ1) is 13.6. The molecule has 0 aliphatic carbocycles. The number of carbonyl (C=O) groups excluding carboxylic acids is 1. The van der Waals surface area contributed by atoms with E-state index in [0.717, 1.165) is 16.7 Å². The van der Waals surface area contributed by atoms with Crippen molar-refractivity contribution in [2.75, 3.05) is 12.8 Å². The van der Waals surface area contributed by atoms with Crippen molar-refractivity contribution in [3.8, 4) is 0 Å². The number of hydrogen-bond donors (Lipinski definition) is 0. The van der Waals surface area contributed by atoms with Crippen LogP contribution in [0.4, 0.5) is 0 Å². The minimum absolute atomic E-state index is 0.182. The molecule has 1 heterocycles. The first-order valence-electron chi connectivity index (χ1n) is 5.11. The molecule has 2 nitrogen and oxygen atoms in total. The van der Waals surface area contributed by atoms with Gasteiger partial charge in [-0.2, -0.15) is 11.8 Å². The third-order valence-electron chi connectivity index (χ3n) is 2.51. The number of likely N-dealkylation sites (tertiary alicyclic amines) is 1. The van der Waals surface area contributed by atoms with Crippen LogP contribution in [-0.2, 0) is 4.79 Å². The molecule has 16 heavy (non-hydrogen) atoms. The summed E-state index contributed by atoms with van der Waals surface area (Å²) < 4.78 is 0.961. The average molecular weight is 302 g/mol. The third kappa shape index (κ3) is 3.25. The molecule has 1 aliphatic heterocycles. The Bertz CT molecular complexity index is 349. The van der Waals surface area contributed by atoms with Gasteiger partial charge in [-0.1, -0.05) is 28.6 Å². The van der Waals surface area contributed by atoms with Gasteiger partial charge in [-0.3, -0.25) is 4.79 Å². The second kappa shape index (κ2) is 6.30. The molecule has 0 bridgehead atoms. The Labute approximate surface area is 110 Å². The average Bonchev–Trinajstić information content (AvgIpc) is 2.67. The Hall–Kier alpha value is -0.480. The Balaban J connectivity index is 2.86. The van der Waals surface area contributed by atoms with Crippen LogP contribution in [0.1, 0.15) is 13.3 Å². The fourth-order valence-corrected chi connectivity index (χ4v) is 2.40. The van der Waals surface area contributed by atoms with Crippen molar-refractivity contribution >= 4 is 33.6 Å². The zero-order valence-corrected chi connectivity index (χ0v) is 12.0. The van der Waals surface area contributed by atoms with Gasteiger partial charge in [-0.15, -0.1) is 0 Å². The smallest absolute Gasteiger partial charge is 0.228 e. The lowest BCUT2D eigenvalue weighted by atomic mass is 10.3. The molecule has 1 saturated heterocycles. The molecule has 88 valence electrons. The quantitative estimate of drug-likeness (QED) is 0.743. The fourth-order valence-electron chi connectivity index (χ4n) is 1.55. The SMILES string of the molecule is C=C/C(=C\C(Br)=C/C)N1CC(SC)CC1=O. The highest BCUT2D eigenvalue weighted by molar-refractivity contribution is 9.11. The van der Waals surface area contributed by atoms with E-state index in [2.05, 4.69) is 22.5 Å². The molecule has 0 aromatic rings. The van der Waals surface area contributed by atoms with Gasteiger partial charge in [-0.25, -0.2) is 0 Å². The maximum atomic E-state index is 11.8. The summed E-state index contributed by atoms with van der Waals surface area (Å²) in [7, 11) is 0. The van der Waals surface area contributed by atoms with Crippen molar-refractivity contribution in [3.05, 3.63) is 35.0 Å². The monoisotopic (exact) mass is 301 g/mol. The van der Waals surface area contributed by atoms with E-state index in [1.54, 1.807) is 22.7 Å². The van der Waals surface area contributed by atoms with Crippen LogP contribution >= 0.6 is 27.7 Å². The minimum atomic E-state index is 0.182. The number of thioether (sulfide) groups is 1. The Morgan fingerprint density at radius 2 is 2.38 bits per heavy atom. The molecule has 0 spiro atoms. The van der Waals surface area contributed by atoms with E-state index in [9.17, 15) is 4.79 Å². The van der Waals surface area contributed by atoms with E-state index < -0.39 is 0 Å². The number of amides is 1. The van der Waals surface area contributed by atoms with Gasteiger partial charge in [0.05, 0.1) is 0 Å². The maximum absolute atomic E-state index is 11.8. The third-order valence-corrected chi connectivity index (χ3v) is 4.17. The molecule has 0 aromatic heterocycles. The van der Waals surface area contributed by atoms with Gasteiger partial charge in [0.25, 0.3) is 0 Å². The molecule has 1 amide bonds. The Kier molecular flexibility index (Phi) is 5.35. The summed E-state index contributed by atoms with van der Waals surface area (Å²) in [6.07, 6.45) is 8.26. The largest absolute Gasteiger partial charge is 0.311 e. The lowest BCUT2D eigenvalue weighted by Crippen LogP contribution is -2.23. The van der Waals surface area contributed by atoms with Crippen LogP contribution in [0.5, 0.6) is 0 Å². The molecule has 4 heteroatoms. The number of rotatable bonds is 4. The molecule has 0 saturated carbocycles. The lowest BCUT2D eigenvalue weighted by Gasteiger charge is -2.17. The number of allylic oxidation sites excluding steroid dienone is 4. The van der Waals surface area contributed by atoms with E-state index in [1.165, 1.54) is 0 Å². The normalized spacial score (nSPS) is 22.8. The van der Waals surface area contributed by atoms with Gasteiger partial charge in [0.2, 0.25) is 5.91 Å². The number of hydrogen-bond acceptors (Lipinski definition) is 2. The molecule has 0 N–H and O–H groups in total. The Morgan fingerprint density at radius 1 is 1.69 bits per heavy atom. The highest BCUT2D eigenvalue weighted by Gasteiger charge is 2.30. The van der Waals surface area contributed by atoms with Gasteiger partial charge in [-0.05, 0) is 25.3 Å². The van der Waals surface area contributed by atoms with Gasteiger partial charge in [0.1, 0.15) is 0 Å². The second-order valence-corrected chi connectivity index (χ2v) is 5.57.